The fraction of sp³-hybridized carbons (Fsp3) is 0.409. The van der Waals surface area contributed by atoms with Gasteiger partial charge in [0.2, 0.25) is 10.0 Å². The largest absolute Gasteiger partial charge is 0.322 e. The summed E-state index contributed by atoms with van der Waals surface area (Å²) in [4.78, 5) is 12.6. The lowest BCUT2D eigenvalue weighted by molar-refractivity contribution is 0.102. The van der Waals surface area contributed by atoms with Crippen LogP contribution in [-0.2, 0) is 10.0 Å². The number of hydrogen-bond donors (Lipinski definition) is 1. The van der Waals surface area contributed by atoms with Crippen LogP contribution >= 0.6 is 0 Å². The highest BCUT2D eigenvalue weighted by atomic mass is 32.2. The lowest BCUT2D eigenvalue weighted by Crippen LogP contribution is -2.32. The number of carbonyl (C=O) groups excluding carboxylic acids is 1. The molecule has 5 nitrogen and oxygen atoms in total. The third kappa shape index (κ3) is 5.03. The molecule has 1 saturated heterocycles. The summed E-state index contributed by atoms with van der Waals surface area (Å²) in [6.07, 6.45) is 3.61. The number of benzene rings is 2. The predicted molar refractivity (Wildman–Crippen MR) is 112 cm³/mol. The molecule has 2 aromatic carbocycles. The van der Waals surface area contributed by atoms with Crippen molar-refractivity contribution in [3.63, 3.8) is 0 Å². The molecule has 156 valence electrons. The van der Waals surface area contributed by atoms with Crippen molar-refractivity contribution in [1.82, 2.24) is 4.31 Å². The van der Waals surface area contributed by atoms with E-state index in [1.54, 1.807) is 12.1 Å². The van der Waals surface area contributed by atoms with Crippen molar-refractivity contribution in [3.05, 3.63) is 59.4 Å². The van der Waals surface area contributed by atoms with Gasteiger partial charge in [-0.3, -0.25) is 4.79 Å². The van der Waals surface area contributed by atoms with Crippen molar-refractivity contribution in [2.45, 2.75) is 50.3 Å². The maximum Gasteiger partial charge on any atom is 0.258 e. The van der Waals surface area contributed by atoms with Crippen LogP contribution in [0.5, 0.6) is 0 Å². The van der Waals surface area contributed by atoms with Crippen LogP contribution in [-0.4, -0.2) is 31.7 Å². The minimum absolute atomic E-state index is 0.0545. The normalized spacial score (nSPS) is 15.9. The maximum absolute atomic E-state index is 14.3. The maximum atomic E-state index is 14.3. The minimum atomic E-state index is -3.76. The molecule has 1 aliphatic heterocycles. The standard InChI is InChI=1S/C22H27FN2O3S/c1-16(2)17-7-9-18(10-8-17)24-22(26)20-15-19(11-12-21(20)23)29(27,28)25-13-5-3-4-6-14-25/h7-12,15-16H,3-6,13-14H2,1-2H3,(H,24,26). The van der Waals surface area contributed by atoms with Gasteiger partial charge in [-0.15, -0.1) is 0 Å². The molecule has 0 atom stereocenters. The van der Waals surface area contributed by atoms with E-state index in [1.807, 2.05) is 12.1 Å². The Hall–Kier alpha value is -2.25. The van der Waals surface area contributed by atoms with Gasteiger partial charge in [-0.1, -0.05) is 38.8 Å². The van der Waals surface area contributed by atoms with Crippen LogP contribution in [0.1, 0.15) is 61.4 Å². The van der Waals surface area contributed by atoms with Gasteiger partial charge < -0.3 is 5.32 Å². The number of rotatable bonds is 5. The molecule has 1 N–H and O–H groups in total. The molecule has 0 aliphatic carbocycles. The quantitative estimate of drug-likeness (QED) is 0.761. The summed E-state index contributed by atoms with van der Waals surface area (Å²) in [6, 6.07) is 10.7. The lowest BCUT2D eigenvalue weighted by Gasteiger charge is -2.20. The summed E-state index contributed by atoms with van der Waals surface area (Å²) in [5.74, 6) is -1.07. The second kappa shape index (κ2) is 9.05. The molecule has 0 bridgehead atoms. The number of anilines is 1. The summed E-state index contributed by atoms with van der Waals surface area (Å²) in [7, 11) is -3.76. The first-order valence-corrected chi connectivity index (χ1v) is 11.4. The molecule has 0 aromatic heterocycles. The highest BCUT2D eigenvalue weighted by Crippen LogP contribution is 2.23. The van der Waals surface area contributed by atoms with Crippen LogP contribution in [0.25, 0.3) is 0 Å². The molecule has 1 aliphatic rings. The zero-order valence-corrected chi connectivity index (χ0v) is 17.6. The molecule has 2 aromatic rings. The van der Waals surface area contributed by atoms with Gasteiger partial charge in [0.15, 0.2) is 0 Å². The summed E-state index contributed by atoms with van der Waals surface area (Å²) in [5.41, 5.74) is 1.37. The molecule has 1 heterocycles. The molecule has 1 fully saturated rings. The molecule has 0 radical (unpaired) electrons. The van der Waals surface area contributed by atoms with Gasteiger partial charge in [-0.2, -0.15) is 4.31 Å². The topological polar surface area (TPSA) is 66.5 Å². The van der Waals surface area contributed by atoms with E-state index >= 15 is 0 Å². The van der Waals surface area contributed by atoms with E-state index in [0.717, 1.165) is 43.4 Å². The molecule has 3 rings (SSSR count). The molecule has 0 unspecified atom stereocenters. The number of hydrogen-bond acceptors (Lipinski definition) is 3. The van der Waals surface area contributed by atoms with Crippen molar-refractivity contribution in [3.8, 4) is 0 Å². The first-order valence-electron chi connectivity index (χ1n) is 10.00. The SMILES string of the molecule is CC(C)c1ccc(NC(=O)c2cc(S(=O)(=O)N3CCCCCC3)ccc2F)cc1. The monoisotopic (exact) mass is 418 g/mol. The summed E-state index contributed by atoms with van der Waals surface area (Å²) in [5, 5.41) is 2.65. The number of nitrogens with one attached hydrogen (secondary N) is 1. The molecule has 0 spiro atoms. The van der Waals surface area contributed by atoms with Crippen molar-refractivity contribution >= 4 is 21.6 Å². The van der Waals surface area contributed by atoms with E-state index in [-0.39, 0.29) is 10.5 Å². The van der Waals surface area contributed by atoms with E-state index in [1.165, 1.54) is 10.4 Å². The summed E-state index contributed by atoms with van der Waals surface area (Å²) in [6.45, 7) is 5.03. The van der Waals surface area contributed by atoms with E-state index in [4.69, 9.17) is 0 Å². The van der Waals surface area contributed by atoms with Crippen molar-refractivity contribution in [1.29, 1.82) is 0 Å². The second-order valence-electron chi connectivity index (χ2n) is 7.69. The van der Waals surface area contributed by atoms with Gasteiger partial charge in [0, 0.05) is 18.8 Å². The van der Waals surface area contributed by atoms with Gasteiger partial charge in [0.25, 0.3) is 5.91 Å². The average Bonchev–Trinajstić information content (AvgIpc) is 2.98. The Kier molecular flexibility index (Phi) is 6.70. The van der Waals surface area contributed by atoms with E-state index in [2.05, 4.69) is 19.2 Å². The zero-order valence-electron chi connectivity index (χ0n) is 16.8. The highest BCUT2D eigenvalue weighted by molar-refractivity contribution is 7.89. The van der Waals surface area contributed by atoms with Crippen molar-refractivity contribution < 1.29 is 17.6 Å². The summed E-state index contributed by atoms with van der Waals surface area (Å²) >= 11 is 0. The Morgan fingerprint density at radius 1 is 1.00 bits per heavy atom. The Balaban J connectivity index is 1.83. The van der Waals surface area contributed by atoms with Gasteiger partial charge in [0.1, 0.15) is 5.82 Å². The lowest BCUT2D eigenvalue weighted by atomic mass is 10.0. The number of halogens is 1. The molecular weight excluding hydrogens is 391 g/mol. The van der Waals surface area contributed by atoms with Crippen LogP contribution in [0.3, 0.4) is 0 Å². The first-order chi connectivity index (χ1) is 13.8. The summed E-state index contributed by atoms with van der Waals surface area (Å²) < 4.78 is 41.7. The predicted octanol–water partition coefficient (Wildman–Crippen LogP) is 4.77. The Morgan fingerprint density at radius 2 is 1.62 bits per heavy atom. The minimum Gasteiger partial charge on any atom is -0.322 e. The van der Waals surface area contributed by atoms with Gasteiger partial charge in [0.05, 0.1) is 10.5 Å². The van der Waals surface area contributed by atoms with Crippen molar-refractivity contribution in [2.24, 2.45) is 0 Å². The van der Waals surface area contributed by atoms with Gasteiger partial charge in [-0.25, -0.2) is 12.8 Å². The molecule has 7 heteroatoms. The molecule has 0 saturated carbocycles. The molecular formula is C22H27FN2O3S. The Labute approximate surface area is 172 Å². The van der Waals surface area contributed by atoms with Crippen molar-refractivity contribution in [2.75, 3.05) is 18.4 Å². The van der Waals surface area contributed by atoms with Gasteiger partial charge in [-0.05, 0) is 54.7 Å². The van der Waals surface area contributed by atoms with Gasteiger partial charge >= 0.3 is 0 Å². The first kappa shape index (κ1) is 21.5. The molecule has 1 amide bonds. The third-order valence-corrected chi connectivity index (χ3v) is 7.12. The zero-order chi connectivity index (χ0) is 21.0. The number of amides is 1. The van der Waals surface area contributed by atoms with Crippen LogP contribution in [0.15, 0.2) is 47.4 Å². The van der Waals surface area contributed by atoms with Crippen LogP contribution in [0.4, 0.5) is 10.1 Å². The Bertz CT molecular complexity index is 964. The Morgan fingerprint density at radius 3 is 2.21 bits per heavy atom. The van der Waals surface area contributed by atoms with Crippen LogP contribution in [0.2, 0.25) is 0 Å². The van der Waals surface area contributed by atoms with Crippen LogP contribution in [0, 0.1) is 5.82 Å². The highest BCUT2D eigenvalue weighted by Gasteiger charge is 2.27. The van der Waals surface area contributed by atoms with E-state index in [0.29, 0.717) is 24.7 Å². The fourth-order valence-corrected chi connectivity index (χ4v) is 4.96. The number of sulfonamides is 1. The number of carbonyl (C=O) groups is 1. The fourth-order valence-electron chi connectivity index (χ4n) is 3.42. The number of nitrogens with zero attached hydrogens (tertiary/aromatic N) is 1. The average molecular weight is 419 g/mol. The van der Waals surface area contributed by atoms with E-state index in [9.17, 15) is 17.6 Å². The second-order valence-corrected chi connectivity index (χ2v) is 9.63. The molecule has 29 heavy (non-hydrogen) atoms. The third-order valence-electron chi connectivity index (χ3n) is 5.22. The van der Waals surface area contributed by atoms with E-state index < -0.39 is 21.7 Å². The smallest absolute Gasteiger partial charge is 0.258 e. The van der Waals surface area contributed by atoms with Crippen LogP contribution < -0.4 is 5.32 Å².